The summed E-state index contributed by atoms with van der Waals surface area (Å²) < 4.78 is 19.0. The number of nitrogens with one attached hydrogen (secondary N) is 1. The Labute approximate surface area is 178 Å². The van der Waals surface area contributed by atoms with Crippen molar-refractivity contribution in [2.75, 3.05) is 6.61 Å². The molecule has 2 atom stereocenters. The van der Waals surface area contributed by atoms with Gasteiger partial charge in [-0.2, -0.15) is 0 Å². The van der Waals surface area contributed by atoms with Crippen molar-refractivity contribution in [3.8, 4) is 5.75 Å². The van der Waals surface area contributed by atoms with Crippen LogP contribution in [0.3, 0.4) is 0 Å². The standard InChI is InChI=1S/C24H31FN2O3/c1-5-18(4)26-24(29)22(6-2)27(15-19-10-12-20(25)13-11-19)23(28)16-30-21-9-7-8-17(3)14-21/h7-14,18,22H,5-6,15-16H2,1-4H3,(H,26,29). The normalized spacial score (nSPS) is 12.7. The summed E-state index contributed by atoms with van der Waals surface area (Å²) in [5.41, 5.74) is 1.78. The van der Waals surface area contributed by atoms with Crippen LogP contribution in [0.1, 0.15) is 44.7 Å². The number of amides is 2. The first kappa shape index (κ1) is 23.4. The molecular formula is C24H31FN2O3. The van der Waals surface area contributed by atoms with Gasteiger partial charge in [-0.15, -0.1) is 0 Å². The Morgan fingerprint density at radius 3 is 2.40 bits per heavy atom. The van der Waals surface area contributed by atoms with Gasteiger partial charge in [0.2, 0.25) is 5.91 Å². The van der Waals surface area contributed by atoms with Gasteiger partial charge in [-0.3, -0.25) is 9.59 Å². The van der Waals surface area contributed by atoms with Crippen LogP contribution in [-0.2, 0) is 16.1 Å². The zero-order valence-corrected chi connectivity index (χ0v) is 18.2. The number of aryl methyl sites for hydroxylation is 1. The fourth-order valence-electron chi connectivity index (χ4n) is 3.08. The minimum atomic E-state index is -0.641. The molecule has 2 amide bonds. The average Bonchev–Trinajstić information content (AvgIpc) is 2.73. The number of rotatable bonds is 10. The van der Waals surface area contributed by atoms with Crippen molar-refractivity contribution in [2.45, 2.75) is 59.2 Å². The van der Waals surface area contributed by atoms with E-state index >= 15 is 0 Å². The zero-order valence-electron chi connectivity index (χ0n) is 18.2. The van der Waals surface area contributed by atoms with Gasteiger partial charge < -0.3 is 15.0 Å². The zero-order chi connectivity index (χ0) is 22.1. The van der Waals surface area contributed by atoms with Crippen LogP contribution in [-0.4, -0.2) is 35.4 Å². The van der Waals surface area contributed by atoms with Crippen molar-refractivity contribution in [1.29, 1.82) is 0 Å². The second kappa shape index (κ2) is 11.3. The summed E-state index contributed by atoms with van der Waals surface area (Å²) in [7, 11) is 0. The van der Waals surface area contributed by atoms with Gasteiger partial charge in [0.25, 0.3) is 5.91 Å². The molecule has 2 unspecified atom stereocenters. The van der Waals surface area contributed by atoms with Gasteiger partial charge in [-0.1, -0.05) is 38.1 Å². The van der Waals surface area contributed by atoms with Gasteiger partial charge in [0.1, 0.15) is 17.6 Å². The van der Waals surface area contributed by atoms with Crippen LogP contribution in [0.2, 0.25) is 0 Å². The maximum atomic E-state index is 13.3. The van der Waals surface area contributed by atoms with Crippen LogP contribution in [0.15, 0.2) is 48.5 Å². The number of hydrogen-bond donors (Lipinski definition) is 1. The Morgan fingerprint density at radius 1 is 1.10 bits per heavy atom. The lowest BCUT2D eigenvalue weighted by molar-refractivity contribution is -0.143. The first-order valence-electron chi connectivity index (χ1n) is 10.4. The van der Waals surface area contributed by atoms with Crippen molar-refractivity contribution in [3.63, 3.8) is 0 Å². The van der Waals surface area contributed by atoms with Crippen LogP contribution >= 0.6 is 0 Å². The van der Waals surface area contributed by atoms with E-state index in [0.29, 0.717) is 12.2 Å². The van der Waals surface area contributed by atoms with Crippen molar-refractivity contribution >= 4 is 11.8 Å². The van der Waals surface area contributed by atoms with Gasteiger partial charge in [-0.25, -0.2) is 4.39 Å². The molecule has 0 aliphatic rings. The van der Waals surface area contributed by atoms with Crippen molar-refractivity contribution in [3.05, 3.63) is 65.5 Å². The molecule has 2 rings (SSSR count). The predicted molar refractivity (Wildman–Crippen MR) is 116 cm³/mol. The Hall–Kier alpha value is -2.89. The third-order valence-electron chi connectivity index (χ3n) is 5.00. The summed E-state index contributed by atoms with van der Waals surface area (Å²) in [5, 5.41) is 2.96. The number of nitrogens with zero attached hydrogens (tertiary/aromatic N) is 1. The molecule has 30 heavy (non-hydrogen) atoms. The van der Waals surface area contributed by atoms with Crippen LogP contribution in [0.4, 0.5) is 4.39 Å². The summed E-state index contributed by atoms with van der Waals surface area (Å²) >= 11 is 0. The molecule has 162 valence electrons. The molecule has 5 nitrogen and oxygen atoms in total. The predicted octanol–water partition coefficient (Wildman–Crippen LogP) is 4.24. The summed E-state index contributed by atoms with van der Waals surface area (Å²) in [4.78, 5) is 27.4. The molecule has 2 aromatic carbocycles. The van der Waals surface area contributed by atoms with E-state index in [4.69, 9.17) is 4.74 Å². The fourth-order valence-corrected chi connectivity index (χ4v) is 3.08. The molecule has 2 aromatic rings. The van der Waals surface area contributed by atoms with Crippen LogP contribution < -0.4 is 10.1 Å². The summed E-state index contributed by atoms with van der Waals surface area (Å²) in [6, 6.07) is 12.8. The Kier molecular flexibility index (Phi) is 8.84. The lowest BCUT2D eigenvalue weighted by atomic mass is 10.1. The van der Waals surface area contributed by atoms with Crippen LogP contribution in [0.25, 0.3) is 0 Å². The number of halogens is 1. The third kappa shape index (κ3) is 6.87. The SMILES string of the molecule is CCC(C)NC(=O)C(CC)N(Cc1ccc(F)cc1)C(=O)COc1cccc(C)c1. The highest BCUT2D eigenvalue weighted by Crippen LogP contribution is 2.16. The lowest BCUT2D eigenvalue weighted by Crippen LogP contribution is -2.51. The number of benzene rings is 2. The van der Waals surface area contributed by atoms with E-state index in [9.17, 15) is 14.0 Å². The Bertz CT molecular complexity index is 839. The van der Waals surface area contributed by atoms with E-state index in [0.717, 1.165) is 17.5 Å². The highest BCUT2D eigenvalue weighted by molar-refractivity contribution is 5.88. The highest BCUT2D eigenvalue weighted by atomic mass is 19.1. The molecule has 0 saturated carbocycles. The highest BCUT2D eigenvalue weighted by Gasteiger charge is 2.29. The van der Waals surface area contributed by atoms with E-state index in [1.807, 2.05) is 45.9 Å². The molecule has 0 saturated heterocycles. The number of hydrogen-bond acceptors (Lipinski definition) is 3. The fraction of sp³-hybridized carbons (Fsp3) is 0.417. The molecule has 0 aliphatic carbocycles. The summed E-state index contributed by atoms with van der Waals surface area (Å²) in [5.74, 6) is -0.243. The molecular weight excluding hydrogens is 383 g/mol. The molecule has 0 aromatic heterocycles. The Balaban J connectivity index is 2.20. The average molecular weight is 415 g/mol. The Morgan fingerprint density at radius 2 is 1.80 bits per heavy atom. The second-order valence-corrected chi connectivity index (χ2v) is 7.50. The van der Waals surface area contributed by atoms with Gasteiger partial charge in [0, 0.05) is 12.6 Å². The topological polar surface area (TPSA) is 58.6 Å². The number of carbonyl (C=O) groups is 2. The molecule has 6 heteroatoms. The number of carbonyl (C=O) groups excluding carboxylic acids is 2. The van der Waals surface area contributed by atoms with E-state index < -0.39 is 6.04 Å². The first-order valence-corrected chi connectivity index (χ1v) is 10.4. The maximum absolute atomic E-state index is 13.3. The van der Waals surface area contributed by atoms with Crippen LogP contribution in [0.5, 0.6) is 5.75 Å². The summed E-state index contributed by atoms with van der Waals surface area (Å²) in [6.07, 6.45) is 1.25. The monoisotopic (exact) mass is 414 g/mol. The van der Waals surface area contributed by atoms with Gasteiger partial charge in [0.05, 0.1) is 0 Å². The van der Waals surface area contributed by atoms with E-state index in [1.165, 1.54) is 17.0 Å². The minimum absolute atomic E-state index is 0.0119. The van der Waals surface area contributed by atoms with Crippen molar-refractivity contribution in [1.82, 2.24) is 10.2 Å². The smallest absolute Gasteiger partial charge is 0.261 e. The van der Waals surface area contributed by atoms with E-state index in [-0.39, 0.29) is 36.8 Å². The maximum Gasteiger partial charge on any atom is 0.261 e. The minimum Gasteiger partial charge on any atom is -0.484 e. The molecule has 0 aliphatic heterocycles. The molecule has 0 heterocycles. The lowest BCUT2D eigenvalue weighted by Gasteiger charge is -2.31. The molecule has 1 N–H and O–H groups in total. The second-order valence-electron chi connectivity index (χ2n) is 7.50. The van der Waals surface area contributed by atoms with Gasteiger partial charge >= 0.3 is 0 Å². The summed E-state index contributed by atoms with van der Waals surface area (Å²) in [6.45, 7) is 7.75. The van der Waals surface area contributed by atoms with Crippen molar-refractivity contribution < 1.29 is 18.7 Å². The molecule has 0 bridgehead atoms. The number of ether oxygens (including phenoxy) is 1. The van der Waals surface area contributed by atoms with E-state index in [1.54, 1.807) is 18.2 Å². The third-order valence-corrected chi connectivity index (χ3v) is 5.00. The largest absolute Gasteiger partial charge is 0.484 e. The van der Waals surface area contributed by atoms with Crippen molar-refractivity contribution in [2.24, 2.45) is 0 Å². The van der Waals surface area contributed by atoms with E-state index in [2.05, 4.69) is 5.32 Å². The van der Waals surface area contributed by atoms with Gasteiger partial charge in [0.15, 0.2) is 6.61 Å². The van der Waals surface area contributed by atoms with Crippen LogP contribution in [0, 0.1) is 12.7 Å². The quantitative estimate of drug-likeness (QED) is 0.633. The molecule has 0 radical (unpaired) electrons. The molecule has 0 fully saturated rings. The van der Waals surface area contributed by atoms with Gasteiger partial charge in [-0.05, 0) is 62.1 Å². The molecule has 0 spiro atoms. The first-order chi connectivity index (χ1) is 14.3.